The van der Waals surface area contributed by atoms with Crippen LogP contribution in [0.2, 0.25) is 0 Å². The van der Waals surface area contributed by atoms with Gasteiger partial charge in [-0.3, -0.25) is 109 Å². The number of ether oxygens (including phenoxy) is 9. The molecule has 0 bridgehead atoms. The molecule has 0 aliphatic carbocycles. The second-order valence-electron chi connectivity index (χ2n) is 32.3. The second-order valence-corrected chi connectivity index (χ2v) is 42.7. The average molecular weight is 2140 g/mol. The lowest BCUT2D eigenvalue weighted by atomic mass is 9.98. The molecular weight excluding hydrogens is 2030 g/mol. The number of nitrogen functional groups attached to an aromatic ring is 5. The van der Waals surface area contributed by atoms with E-state index < -0.39 is 120 Å². The third-order valence-electron chi connectivity index (χ3n) is 18.5. The summed E-state index contributed by atoms with van der Waals surface area (Å²) in [5.41, 5.74) is 26.9. The Bertz CT molecular complexity index is 6730. The van der Waals surface area contributed by atoms with Crippen molar-refractivity contribution in [3.63, 3.8) is 0 Å². The number of para-hydroxylation sites is 1. The van der Waals surface area contributed by atoms with Gasteiger partial charge in [0.25, 0.3) is 27.8 Å². The number of rotatable bonds is 50. The molecule has 0 spiro atoms. The maximum absolute atomic E-state index is 13.5. The van der Waals surface area contributed by atoms with Gasteiger partial charge in [0.05, 0.1) is 102 Å². The summed E-state index contributed by atoms with van der Waals surface area (Å²) >= 11 is 2.10. The summed E-state index contributed by atoms with van der Waals surface area (Å²) < 4.78 is 138. The number of anilines is 5. The van der Waals surface area contributed by atoms with Crippen molar-refractivity contribution in [2.45, 2.75) is 134 Å². The highest BCUT2D eigenvalue weighted by molar-refractivity contribution is 8.13. The molecule has 10 aromatic heterocycles. The molecule has 0 saturated heterocycles. The van der Waals surface area contributed by atoms with Gasteiger partial charge in [0.2, 0.25) is 43.3 Å². The average Bonchev–Trinajstić information content (AvgIpc) is 1.67. The fourth-order valence-corrected chi connectivity index (χ4v) is 17.4. The number of carbonyl (C=O) groups is 7. The highest BCUT2D eigenvalue weighted by Crippen LogP contribution is 2.50. The number of nitrogens with one attached hydrogen (secondary N) is 6. The van der Waals surface area contributed by atoms with Crippen LogP contribution in [0.1, 0.15) is 95.4 Å². The Morgan fingerprint density at radius 2 is 0.847 bits per heavy atom. The predicted octanol–water partition coefficient (Wildman–Crippen LogP) is 4.74. The summed E-state index contributed by atoms with van der Waals surface area (Å²) in [4.78, 5) is 200. The zero-order chi connectivity index (χ0) is 106. The van der Waals surface area contributed by atoms with Gasteiger partial charge in [0, 0.05) is 58.1 Å². The number of hydrogen-bond acceptors (Lipinski definition) is 48. The standard InChI is InChI=1S/C21H29N6O6P.C20H32N5O9P.C16H24N5O7PS2.C14H18N5O7P.C9H11N5O3/c1-3-4-11-32-20(29)15(2)26-34(30,33-16-8-6-5-7-9-16)14-31-12-10-27-13-23-17-18(27)24-21(22)25-19(17)28;1-19(2,3)16(27)31-10-33-35(29,34-11-32-17(28)20(4,5)6)12-30-8-7-25-9-22-13-14(25)23-18(21)24-15(13)26;1-11(22)30-7-5-27-29(25,28-6-8-31-12(2)23)10-26-4-3-21-9-18-13-14(21)19-16(17)20-15(13)24;1-8-4-10(20)26-9(8)5-25-27(22,23)7-24-3-2-19-6-16-11-12(19)17-14(15)18-13(11)21;10-9-12-7-6(8(16)13-9)11-5-14(7)1-3-17-4-2-15/h5-9,13,15H,3-4,10-12,14H2,1-2H3,(H,26,30)(H3,22,24,25,28);9H,7-8,10-12H2,1-6H3,(H3,21,23,24,26);9H,3-8,10H2,1-2H3,(H3,17,19,20,24);6H,2-5,7H2,1H3,(H,22,23)(H3,15,17,18,21);2,5H,1,3-4H2,(H3,10,12,13,16). The minimum atomic E-state index is -4.02. The van der Waals surface area contributed by atoms with Gasteiger partial charge in [-0.2, -0.15) is 24.9 Å². The van der Waals surface area contributed by atoms with Crippen molar-refractivity contribution in [3.8, 4) is 5.75 Å². The lowest BCUT2D eigenvalue weighted by Crippen LogP contribution is -2.35. The zero-order valence-electron chi connectivity index (χ0n) is 80.1. The molecule has 17 N–H and O–H groups in total. The number of imidazole rings is 5. The van der Waals surface area contributed by atoms with Crippen LogP contribution >= 0.6 is 53.8 Å². The number of esters is 4. The molecule has 1 aromatic carbocycles. The number of aromatic amines is 5. The zero-order valence-corrected chi connectivity index (χ0v) is 85.3. The fourth-order valence-electron chi connectivity index (χ4n) is 11.5. The summed E-state index contributed by atoms with van der Waals surface area (Å²) in [6.45, 7) is 18.8. The van der Waals surface area contributed by atoms with Gasteiger partial charge >= 0.3 is 54.2 Å². The molecule has 11 aromatic rings. The first kappa shape index (κ1) is 117. The molecule has 0 amide bonds. The van der Waals surface area contributed by atoms with Gasteiger partial charge in [0.1, 0.15) is 62.4 Å². The number of thioether (sulfide) groups is 2. The largest absolute Gasteiger partial charge is 0.465 e. The van der Waals surface area contributed by atoms with Gasteiger partial charge < -0.3 is 117 Å². The lowest BCUT2D eigenvalue weighted by molar-refractivity contribution is -0.162. The van der Waals surface area contributed by atoms with E-state index in [0.29, 0.717) is 65.8 Å². The van der Waals surface area contributed by atoms with Gasteiger partial charge in [0.15, 0.2) is 66.0 Å². The van der Waals surface area contributed by atoms with E-state index in [2.05, 4.69) is 79.8 Å². The molecule has 12 rings (SSSR count). The van der Waals surface area contributed by atoms with Crippen molar-refractivity contribution in [1.29, 1.82) is 0 Å². The Morgan fingerprint density at radius 1 is 0.500 bits per heavy atom. The van der Waals surface area contributed by atoms with E-state index in [1.165, 1.54) is 54.6 Å². The van der Waals surface area contributed by atoms with Crippen molar-refractivity contribution in [1.82, 2.24) is 103 Å². The van der Waals surface area contributed by atoms with E-state index in [9.17, 15) is 80.7 Å². The van der Waals surface area contributed by atoms with Gasteiger partial charge in [-0.25, -0.2) is 30.0 Å². The molecule has 788 valence electrons. The summed E-state index contributed by atoms with van der Waals surface area (Å²) in [5.74, 6) is -0.939. The number of H-pyrrole nitrogens is 5. The Morgan fingerprint density at radius 3 is 1.18 bits per heavy atom. The quantitative estimate of drug-likeness (QED) is 0.00611. The van der Waals surface area contributed by atoms with Crippen LogP contribution in [0.3, 0.4) is 0 Å². The number of cyclic esters (lactones) is 1. The number of nitrogens with two attached hydrogens (primary N) is 5. The fraction of sp³-hybridized carbons (Fsp3) is 0.500. The molecule has 0 radical (unpaired) electrons. The number of carbonyl (C=O) groups excluding carboxylic acids is 7. The van der Waals surface area contributed by atoms with Crippen LogP contribution in [0.4, 0.5) is 29.7 Å². The molecule has 0 fully saturated rings. The number of aromatic nitrogens is 20. The van der Waals surface area contributed by atoms with Gasteiger partial charge in [-0.05, 0) is 79.5 Å². The molecule has 144 heavy (non-hydrogen) atoms. The van der Waals surface area contributed by atoms with Crippen molar-refractivity contribution in [2.24, 2.45) is 10.8 Å². The minimum absolute atomic E-state index is 0.000111. The SMILES string of the molecule is CC(=O)SCCOP(=O)(COCCn1cnc2c(=O)[nH]c(N)nc21)OCCSC(C)=O.CC(C)(C)C(=O)OCOP(=O)(COCCn1cnc2c(=O)[nH]c(N)nc21)OCOC(=O)C(C)(C)C.CC1=C(COP(=O)(O)COCCn2cnc3c(=O)[nH]c(N)nc32)OC(=O)C1.CCCCOC(=O)C(C)NP(=O)(COCCn1cnc2c(=O)[nH]c(N)nc21)Oc1ccccc1.Nc1nc2c(ncn2CCOCC=O)c(=O)[nH]1. The third-order valence-corrected chi connectivity index (χ3v) is 26.1. The van der Waals surface area contributed by atoms with Crippen molar-refractivity contribution < 1.29 is 126 Å². The third kappa shape index (κ3) is 37.9. The van der Waals surface area contributed by atoms with Gasteiger partial charge in [-0.1, -0.05) is 55.1 Å². The van der Waals surface area contributed by atoms with Crippen LogP contribution in [0.5, 0.6) is 5.75 Å². The van der Waals surface area contributed by atoms with Crippen LogP contribution in [-0.2, 0) is 150 Å². The van der Waals surface area contributed by atoms with E-state index >= 15 is 0 Å². The molecule has 1 aliphatic rings. The van der Waals surface area contributed by atoms with E-state index in [0.717, 1.165) is 36.4 Å². The van der Waals surface area contributed by atoms with E-state index in [-0.39, 0.29) is 188 Å². The molecule has 3 unspecified atom stereocenters. The number of benzene rings is 1. The highest BCUT2D eigenvalue weighted by Gasteiger charge is 2.35. The summed E-state index contributed by atoms with van der Waals surface area (Å²) in [6.07, 6.45) is 7.90. The number of fused-ring (bicyclic) bond motifs is 5. The number of aldehydes is 1. The van der Waals surface area contributed by atoms with Crippen LogP contribution in [0.25, 0.3) is 55.8 Å². The summed E-state index contributed by atoms with van der Waals surface area (Å²) in [7, 11) is -15.3. The Labute approximate surface area is 825 Å². The number of hydrogen-bond donors (Lipinski definition) is 12. The maximum Gasteiger partial charge on any atom is 0.361 e. The monoisotopic (exact) mass is 2140 g/mol. The van der Waals surface area contributed by atoms with Crippen molar-refractivity contribution in [3.05, 3.63) is 125 Å². The van der Waals surface area contributed by atoms with E-state index in [1.807, 2.05) is 6.92 Å². The minimum Gasteiger partial charge on any atom is -0.465 e. The molecule has 0 saturated carbocycles. The Hall–Kier alpha value is -12.5. The van der Waals surface area contributed by atoms with E-state index in [4.69, 9.17) is 98.4 Å². The van der Waals surface area contributed by atoms with Crippen LogP contribution < -0.4 is 66.1 Å². The number of nitrogens with zero attached hydrogens (tertiary/aromatic N) is 15. The molecule has 58 nitrogen and oxygen atoms in total. The van der Waals surface area contributed by atoms with Gasteiger partial charge in [-0.15, -0.1) is 0 Å². The second kappa shape index (κ2) is 55.6. The van der Waals surface area contributed by atoms with E-state index in [1.54, 1.807) is 99.4 Å². The smallest absolute Gasteiger partial charge is 0.361 e. The summed E-state index contributed by atoms with van der Waals surface area (Å²) in [5, 5.41) is 2.60. The first-order valence-corrected chi connectivity index (χ1v) is 52.5. The Balaban J connectivity index is 0.000000223. The number of unbranched alkanes of at least 4 members (excludes halogenated alkanes) is 1. The van der Waals surface area contributed by atoms with Crippen LogP contribution in [-0.4, -0.2) is 265 Å². The maximum atomic E-state index is 13.5. The first-order chi connectivity index (χ1) is 68.1. The first-order valence-electron chi connectivity index (χ1n) is 43.5. The summed E-state index contributed by atoms with van der Waals surface area (Å²) in [6, 6.07) is 7.73. The molecule has 3 atom stereocenters. The Kier molecular flexibility index (Phi) is 45.1. The lowest BCUT2D eigenvalue weighted by Gasteiger charge is -2.23. The normalized spacial score (nSPS) is 13.3. The predicted molar refractivity (Wildman–Crippen MR) is 522 cm³/mol. The van der Waals surface area contributed by atoms with Crippen molar-refractivity contribution in [2.75, 3.05) is 145 Å². The topological polar surface area (TPSA) is 806 Å². The highest BCUT2D eigenvalue weighted by atomic mass is 32.2. The molecule has 11 heterocycles. The van der Waals surface area contributed by atoms with Crippen LogP contribution in [0, 0.1) is 10.8 Å². The van der Waals surface area contributed by atoms with Crippen LogP contribution in [0.15, 0.2) is 97.3 Å². The van der Waals surface area contributed by atoms with Crippen molar-refractivity contribution >= 4 is 180 Å². The molecule has 1 aliphatic heterocycles. The molecule has 64 heteroatoms. The molecular formula is C80H114N26O32P4S2.